The number of nitrogens with two attached hydrogens (primary N) is 2. The Morgan fingerprint density at radius 3 is 2.75 bits per heavy atom. The molecule has 0 fully saturated rings. The third-order valence-electron chi connectivity index (χ3n) is 3.22. The summed E-state index contributed by atoms with van der Waals surface area (Å²) < 4.78 is 1.40. The van der Waals surface area contributed by atoms with Gasteiger partial charge >= 0.3 is 0 Å². The number of carbonyl (C=O) groups excluding carboxylic acids is 1. The molecule has 0 bridgehead atoms. The number of hydrogen-bond donors (Lipinski definition) is 2. The molecule has 0 saturated carbocycles. The molecule has 1 aromatic carbocycles. The lowest BCUT2D eigenvalue weighted by Crippen LogP contribution is -2.13. The molecule has 0 atom stereocenters. The van der Waals surface area contributed by atoms with Gasteiger partial charge in [-0.25, -0.2) is 4.98 Å². The Kier molecular flexibility index (Phi) is 2.64. The van der Waals surface area contributed by atoms with Crippen molar-refractivity contribution in [2.24, 2.45) is 5.73 Å². The van der Waals surface area contributed by atoms with Crippen LogP contribution in [0.1, 0.15) is 15.9 Å². The van der Waals surface area contributed by atoms with Gasteiger partial charge in [-0.05, 0) is 30.7 Å². The number of aryl methyl sites for hydroxylation is 1. The predicted octanol–water partition coefficient (Wildman–Crippen LogP) is 1.41. The van der Waals surface area contributed by atoms with Gasteiger partial charge in [0, 0.05) is 5.39 Å². The highest BCUT2D eigenvalue weighted by Crippen LogP contribution is 2.20. The molecule has 20 heavy (non-hydrogen) atoms. The summed E-state index contributed by atoms with van der Waals surface area (Å²) in [6.45, 7) is 2.02. The van der Waals surface area contributed by atoms with Crippen LogP contribution in [0.2, 0.25) is 0 Å². The van der Waals surface area contributed by atoms with Gasteiger partial charge in [-0.1, -0.05) is 12.1 Å². The molecular formula is C14H13N5O. The van der Waals surface area contributed by atoms with Crippen LogP contribution in [0.5, 0.6) is 0 Å². The first-order chi connectivity index (χ1) is 9.58. The van der Waals surface area contributed by atoms with Crippen LogP contribution >= 0.6 is 0 Å². The van der Waals surface area contributed by atoms with E-state index in [1.165, 1.54) is 10.9 Å². The second-order valence-corrected chi connectivity index (χ2v) is 4.53. The first-order valence-corrected chi connectivity index (χ1v) is 6.08. The van der Waals surface area contributed by atoms with Gasteiger partial charge in [-0.2, -0.15) is 9.78 Å². The van der Waals surface area contributed by atoms with Crippen molar-refractivity contribution in [2.75, 3.05) is 5.73 Å². The Hall–Kier alpha value is -2.89. The van der Waals surface area contributed by atoms with Crippen LogP contribution in [0, 0.1) is 6.92 Å². The molecule has 0 radical (unpaired) electrons. The van der Waals surface area contributed by atoms with Gasteiger partial charge < -0.3 is 11.5 Å². The monoisotopic (exact) mass is 267 g/mol. The summed E-state index contributed by atoms with van der Waals surface area (Å²) in [4.78, 5) is 15.7. The highest BCUT2D eigenvalue weighted by atomic mass is 16.1. The van der Waals surface area contributed by atoms with Crippen molar-refractivity contribution in [1.29, 1.82) is 0 Å². The third-order valence-corrected chi connectivity index (χ3v) is 3.22. The van der Waals surface area contributed by atoms with Gasteiger partial charge in [0.05, 0.1) is 11.7 Å². The van der Waals surface area contributed by atoms with E-state index in [9.17, 15) is 4.79 Å². The van der Waals surface area contributed by atoms with Crippen LogP contribution < -0.4 is 11.5 Å². The molecule has 0 saturated heterocycles. The summed E-state index contributed by atoms with van der Waals surface area (Å²) in [7, 11) is 0. The molecular weight excluding hydrogens is 254 g/mol. The number of amides is 1. The Balaban J connectivity index is 2.18. The lowest BCUT2D eigenvalue weighted by molar-refractivity contribution is 0.100. The highest BCUT2D eigenvalue weighted by Gasteiger charge is 2.14. The van der Waals surface area contributed by atoms with Gasteiger partial charge in [0.1, 0.15) is 11.4 Å². The smallest absolute Gasteiger partial charge is 0.254 e. The van der Waals surface area contributed by atoms with E-state index in [0.29, 0.717) is 5.82 Å². The van der Waals surface area contributed by atoms with E-state index in [2.05, 4.69) is 10.1 Å². The fourth-order valence-corrected chi connectivity index (χ4v) is 2.15. The number of aromatic nitrogens is 3. The van der Waals surface area contributed by atoms with Gasteiger partial charge in [0.25, 0.3) is 5.91 Å². The van der Waals surface area contributed by atoms with Crippen molar-refractivity contribution in [3.05, 3.63) is 47.7 Å². The lowest BCUT2D eigenvalue weighted by Gasteiger charge is -2.06. The van der Waals surface area contributed by atoms with Crippen molar-refractivity contribution in [3.63, 3.8) is 0 Å². The van der Waals surface area contributed by atoms with Crippen molar-refractivity contribution < 1.29 is 4.79 Å². The highest BCUT2D eigenvalue weighted by molar-refractivity contribution is 5.97. The molecule has 6 nitrogen and oxygen atoms in total. The van der Waals surface area contributed by atoms with Crippen molar-refractivity contribution in [1.82, 2.24) is 14.8 Å². The minimum atomic E-state index is -0.606. The molecule has 2 heterocycles. The van der Waals surface area contributed by atoms with Crippen LogP contribution in [-0.2, 0) is 0 Å². The summed E-state index contributed by atoms with van der Waals surface area (Å²) in [5, 5.41) is 5.13. The normalized spacial score (nSPS) is 10.8. The maximum absolute atomic E-state index is 11.2. The summed E-state index contributed by atoms with van der Waals surface area (Å²) >= 11 is 0. The molecule has 1 amide bonds. The molecule has 0 unspecified atom stereocenters. The number of carbonyl (C=O) groups is 1. The number of pyridine rings is 1. The average Bonchev–Trinajstić information content (AvgIpc) is 2.80. The van der Waals surface area contributed by atoms with E-state index in [0.717, 1.165) is 16.5 Å². The fourth-order valence-electron chi connectivity index (χ4n) is 2.15. The van der Waals surface area contributed by atoms with Gasteiger partial charge in [-0.3, -0.25) is 4.79 Å². The van der Waals surface area contributed by atoms with E-state index >= 15 is 0 Å². The number of nitrogens with zero attached hydrogens (tertiary/aromatic N) is 3. The maximum Gasteiger partial charge on any atom is 0.254 e. The predicted molar refractivity (Wildman–Crippen MR) is 76.5 cm³/mol. The zero-order valence-corrected chi connectivity index (χ0v) is 10.9. The second kappa shape index (κ2) is 4.34. The molecule has 0 aliphatic heterocycles. The van der Waals surface area contributed by atoms with Crippen molar-refractivity contribution in [2.45, 2.75) is 6.92 Å². The molecule has 0 spiro atoms. The molecule has 6 heteroatoms. The summed E-state index contributed by atoms with van der Waals surface area (Å²) in [6, 6.07) is 9.65. The third kappa shape index (κ3) is 1.78. The number of benzene rings is 1. The first-order valence-electron chi connectivity index (χ1n) is 6.08. The van der Waals surface area contributed by atoms with Gasteiger partial charge in [0.2, 0.25) is 0 Å². The Labute approximate surface area is 115 Å². The zero-order valence-electron chi connectivity index (χ0n) is 10.9. The maximum atomic E-state index is 11.2. The molecule has 0 aliphatic carbocycles. The zero-order chi connectivity index (χ0) is 14.3. The summed E-state index contributed by atoms with van der Waals surface area (Å²) in [5.41, 5.74) is 13.3. The standard InChI is InChI=1S/C14H13N5O/c1-8-3-2-4-11-9(8)5-6-12(18-11)19-13(15)10(7-17-19)14(16)20/h2-7H,15H2,1H3,(H2,16,20). The number of primary amides is 1. The molecule has 100 valence electrons. The second-order valence-electron chi connectivity index (χ2n) is 4.53. The number of fused-ring (bicyclic) bond motifs is 1. The molecule has 0 aliphatic rings. The summed E-state index contributed by atoms with van der Waals surface area (Å²) in [5.74, 6) is 0.135. The molecule has 3 aromatic rings. The van der Waals surface area contributed by atoms with E-state index in [1.807, 2.05) is 37.3 Å². The molecule has 2 aromatic heterocycles. The number of anilines is 1. The van der Waals surface area contributed by atoms with Crippen LogP contribution in [0.25, 0.3) is 16.7 Å². The topological polar surface area (TPSA) is 99.8 Å². The minimum Gasteiger partial charge on any atom is -0.383 e. The van der Waals surface area contributed by atoms with Crippen LogP contribution in [0.4, 0.5) is 5.82 Å². The number of hydrogen-bond acceptors (Lipinski definition) is 4. The van der Waals surface area contributed by atoms with Crippen LogP contribution in [-0.4, -0.2) is 20.7 Å². The largest absolute Gasteiger partial charge is 0.383 e. The fraction of sp³-hybridized carbons (Fsp3) is 0.0714. The van der Waals surface area contributed by atoms with Crippen LogP contribution in [0.15, 0.2) is 36.5 Å². The van der Waals surface area contributed by atoms with Crippen molar-refractivity contribution in [3.8, 4) is 5.82 Å². The molecule has 4 N–H and O–H groups in total. The summed E-state index contributed by atoms with van der Waals surface area (Å²) in [6.07, 6.45) is 1.35. The Bertz CT molecular complexity index is 822. The van der Waals surface area contributed by atoms with E-state index < -0.39 is 5.91 Å². The lowest BCUT2D eigenvalue weighted by atomic mass is 10.1. The van der Waals surface area contributed by atoms with E-state index in [4.69, 9.17) is 11.5 Å². The van der Waals surface area contributed by atoms with Crippen LogP contribution in [0.3, 0.4) is 0 Å². The Morgan fingerprint density at radius 2 is 2.05 bits per heavy atom. The Morgan fingerprint density at radius 1 is 1.25 bits per heavy atom. The van der Waals surface area contributed by atoms with E-state index in [-0.39, 0.29) is 11.4 Å². The number of nitrogen functional groups attached to an aromatic ring is 1. The molecule has 3 rings (SSSR count). The van der Waals surface area contributed by atoms with Gasteiger partial charge in [0.15, 0.2) is 5.82 Å². The average molecular weight is 267 g/mol. The minimum absolute atomic E-state index is 0.191. The first kappa shape index (κ1) is 12.2. The SMILES string of the molecule is Cc1cccc2nc(-n3ncc(C(N)=O)c3N)ccc12. The van der Waals surface area contributed by atoms with Gasteiger partial charge in [-0.15, -0.1) is 0 Å². The van der Waals surface area contributed by atoms with E-state index in [1.54, 1.807) is 0 Å². The van der Waals surface area contributed by atoms with Crippen molar-refractivity contribution >= 4 is 22.6 Å². The number of rotatable bonds is 2. The quantitative estimate of drug-likeness (QED) is 0.733.